The van der Waals surface area contributed by atoms with Crippen molar-refractivity contribution in [2.75, 3.05) is 26.7 Å². The second-order valence-corrected chi connectivity index (χ2v) is 7.20. The van der Waals surface area contributed by atoms with Gasteiger partial charge in [-0.15, -0.1) is 0 Å². The van der Waals surface area contributed by atoms with Crippen molar-refractivity contribution < 1.29 is 4.79 Å². The van der Waals surface area contributed by atoms with Crippen molar-refractivity contribution in [3.05, 3.63) is 53.1 Å². The molecule has 1 amide bonds. The summed E-state index contributed by atoms with van der Waals surface area (Å²) in [6, 6.07) is 11.0. The fraction of sp³-hybridized carbons (Fsp3) is 0.421. The zero-order valence-electron chi connectivity index (χ0n) is 15.0. The first kappa shape index (κ1) is 17.4. The van der Waals surface area contributed by atoms with Gasteiger partial charge in [-0.1, -0.05) is 30.3 Å². The lowest BCUT2D eigenvalue weighted by molar-refractivity contribution is -0.140. The van der Waals surface area contributed by atoms with E-state index in [2.05, 4.69) is 30.8 Å². The van der Waals surface area contributed by atoms with Gasteiger partial charge in [0.25, 0.3) is 5.56 Å². The van der Waals surface area contributed by atoms with Gasteiger partial charge in [0.2, 0.25) is 5.91 Å². The van der Waals surface area contributed by atoms with E-state index >= 15 is 0 Å². The molecule has 0 aliphatic carbocycles. The highest BCUT2D eigenvalue weighted by Gasteiger charge is 2.35. The second kappa shape index (κ2) is 6.80. The van der Waals surface area contributed by atoms with Gasteiger partial charge in [-0.2, -0.15) is 0 Å². The van der Waals surface area contributed by atoms with Gasteiger partial charge in [0.15, 0.2) is 0 Å². The molecule has 0 atom stereocenters. The molecular formula is C19H24N4O2. The van der Waals surface area contributed by atoms with E-state index in [9.17, 15) is 9.59 Å². The minimum absolute atomic E-state index is 0.0219. The lowest BCUT2D eigenvalue weighted by atomic mass is 9.99. The first-order valence-corrected chi connectivity index (χ1v) is 8.48. The Labute approximate surface area is 147 Å². The molecule has 25 heavy (non-hydrogen) atoms. The van der Waals surface area contributed by atoms with Crippen molar-refractivity contribution in [3.63, 3.8) is 0 Å². The molecule has 1 aliphatic heterocycles. The van der Waals surface area contributed by atoms with Gasteiger partial charge in [0.1, 0.15) is 6.54 Å². The van der Waals surface area contributed by atoms with E-state index in [-0.39, 0.29) is 23.6 Å². The van der Waals surface area contributed by atoms with Gasteiger partial charge in [-0.25, -0.2) is 4.98 Å². The summed E-state index contributed by atoms with van der Waals surface area (Å²) in [6.45, 7) is 6.47. The smallest absolute Gasteiger partial charge is 0.254 e. The number of carbonyl (C=O) groups excluding carboxylic acids is 1. The van der Waals surface area contributed by atoms with E-state index in [1.165, 1.54) is 17.0 Å². The molecule has 0 spiro atoms. The lowest BCUT2D eigenvalue weighted by Gasteiger charge is -2.46. The van der Waals surface area contributed by atoms with Crippen LogP contribution in [0.1, 0.15) is 13.8 Å². The molecule has 0 unspecified atom stereocenters. The maximum Gasteiger partial charge on any atom is 0.254 e. The molecule has 1 aromatic heterocycles. The summed E-state index contributed by atoms with van der Waals surface area (Å²) in [4.78, 5) is 33.5. The van der Waals surface area contributed by atoms with Gasteiger partial charge in [0, 0.05) is 31.3 Å². The van der Waals surface area contributed by atoms with Crippen molar-refractivity contribution in [3.8, 4) is 11.3 Å². The van der Waals surface area contributed by atoms with Crippen molar-refractivity contribution in [1.82, 2.24) is 19.4 Å². The summed E-state index contributed by atoms with van der Waals surface area (Å²) in [5, 5.41) is 0. The minimum atomic E-state index is -0.245. The molecule has 1 aromatic carbocycles. The molecule has 132 valence electrons. The predicted octanol–water partition coefficient (Wildman–Crippen LogP) is 1.46. The van der Waals surface area contributed by atoms with Crippen molar-refractivity contribution >= 4 is 5.91 Å². The van der Waals surface area contributed by atoms with Crippen molar-refractivity contribution in [2.24, 2.45) is 0 Å². The average Bonchev–Trinajstić information content (AvgIpc) is 2.56. The summed E-state index contributed by atoms with van der Waals surface area (Å²) >= 11 is 0. The van der Waals surface area contributed by atoms with E-state index in [1.807, 2.05) is 35.2 Å². The van der Waals surface area contributed by atoms with E-state index in [0.717, 1.165) is 18.7 Å². The molecular weight excluding hydrogens is 316 g/mol. The number of piperazine rings is 1. The van der Waals surface area contributed by atoms with Crippen LogP contribution < -0.4 is 5.56 Å². The van der Waals surface area contributed by atoms with Crippen LogP contribution in [0, 0.1) is 0 Å². The number of benzene rings is 1. The van der Waals surface area contributed by atoms with E-state index in [1.54, 1.807) is 0 Å². The SMILES string of the molecule is CN1CCN(C(=O)Cn2cnc(-c3ccccc3)cc2=O)C(C)(C)C1. The van der Waals surface area contributed by atoms with E-state index in [0.29, 0.717) is 12.2 Å². The van der Waals surface area contributed by atoms with E-state index in [4.69, 9.17) is 0 Å². The molecule has 1 saturated heterocycles. The predicted molar refractivity (Wildman–Crippen MR) is 97.2 cm³/mol. The quantitative estimate of drug-likeness (QED) is 0.849. The Kier molecular flexibility index (Phi) is 4.72. The third-order valence-electron chi connectivity index (χ3n) is 4.65. The van der Waals surface area contributed by atoms with Gasteiger partial charge < -0.3 is 9.80 Å². The average molecular weight is 340 g/mol. The minimum Gasteiger partial charge on any atom is -0.333 e. The highest BCUT2D eigenvalue weighted by atomic mass is 16.2. The molecule has 1 fully saturated rings. The topological polar surface area (TPSA) is 58.4 Å². The fourth-order valence-corrected chi connectivity index (χ4v) is 3.40. The van der Waals surface area contributed by atoms with Crippen LogP contribution in [0.4, 0.5) is 0 Å². The Morgan fingerprint density at radius 1 is 1.20 bits per heavy atom. The molecule has 0 bridgehead atoms. The van der Waals surface area contributed by atoms with Crippen LogP contribution in [-0.2, 0) is 11.3 Å². The Morgan fingerprint density at radius 2 is 1.92 bits per heavy atom. The van der Waals surface area contributed by atoms with Gasteiger partial charge in [0.05, 0.1) is 17.6 Å². The number of nitrogens with zero attached hydrogens (tertiary/aromatic N) is 4. The van der Waals surface area contributed by atoms with Gasteiger partial charge >= 0.3 is 0 Å². The summed E-state index contributed by atoms with van der Waals surface area (Å²) in [7, 11) is 2.06. The van der Waals surface area contributed by atoms with Crippen LogP contribution in [-0.4, -0.2) is 57.5 Å². The first-order chi connectivity index (χ1) is 11.9. The van der Waals surface area contributed by atoms with Gasteiger partial charge in [-0.3, -0.25) is 14.2 Å². The summed E-state index contributed by atoms with van der Waals surface area (Å²) in [5.41, 5.74) is 1.05. The number of amides is 1. The second-order valence-electron chi connectivity index (χ2n) is 7.20. The van der Waals surface area contributed by atoms with Crippen LogP contribution in [0.2, 0.25) is 0 Å². The monoisotopic (exact) mass is 340 g/mol. The standard InChI is InChI=1S/C19H24N4O2/c1-19(2)13-21(3)9-10-23(19)18(25)12-22-14-20-16(11-17(22)24)15-7-5-4-6-8-15/h4-8,11,14H,9-10,12-13H2,1-3H3. The van der Waals surface area contributed by atoms with Crippen LogP contribution >= 0.6 is 0 Å². The highest BCUT2D eigenvalue weighted by molar-refractivity contribution is 5.77. The van der Waals surface area contributed by atoms with Crippen LogP contribution in [0.3, 0.4) is 0 Å². The van der Waals surface area contributed by atoms with E-state index < -0.39 is 0 Å². The zero-order valence-corrected chi connectivity index (χ0v) is 15.0. The number of likely N-dealkylation sites (N-methyl/N-ethyl adjacent to an activating group) is 1. The van der Waals surface area contributed by atoms with Crippen LogP contribution in [0.5, 0.6) is 0 Å². The maximum absolute atomic E-state index is 12.7. The normalized spacial score (nSPS) is 17.5. The molecule has 0 saturated carbocycles. The fourth-order valence-electron chi connectivity index (χ4n) is 3.40. The summed E-state index contributed by atoms with van der Waals surface area (Å²) < 4.78 is 1.38. The Balaban J connectivity index is 1.77. The van der Waals surface area contributed by atoms with Crippen LogP contribution in [0.15, 0.2) is 47.5 Å². The summed E-state index contributed by atoms with van der Waals surface area (Å²) in [5.74, 6) is -0.0468. The Hall–Kier alpha value is -2.47. The first-order valence-electron chi connectivity index (χ1n) is 8.48. The largest absolute Gasteiger partial charge is 0.333 e. The molecule has 2 aromatic rings. The number of hydrogen-bond acceptors (Lipinski definition) is 4. The maximum atomic E-state index is 12.7. The molecule has 1 aliphatic rings. The number of aromatic nitrogens is 2. The van der Waals surface area contributed by atoms with Crippen molar-refractivity contribution in [2.45, 2.75) is 25.9 Å². The highest BCUT2D eigenvalue weighted by Crippen LogP contribution is 2.20. The third kappa shape index (κ3) is 3.79. The Bertz CT molecular complexity index is 814. The summed E-state index contributed by atoms with van der Waals surface area (Å²) in [6.07, 6.45) is 1.46. The van der Waals surface area contributed by atoms with Gasteiger partial charge in [-0.05, 0) is 20.9 Å². The zero-order chi connectivity index (χ0) is 18.0. The molecule has 6 heteroatoms. The lowest BCUT2D eigenvalue weighted by Crippen LogP contribution is -2.60. The molecule has 2 heterocycles. The van der Waals surface area contributed by atoms with Crippen LogP contribution in [0.25, 0.3) is 11.3 Å². The molecule has 3 rings (SSSR count). The Morgan fingerprint density at radius 3 is 2.56 bits per heavy atom. The number of carbonyl (C=O) groups is 1. The third-order valence-corrected chi connectivity index (χ3v) is 4.65. The number of hydrogen-bond donors (Lipinski definition) is 0. The number of rotatable bonds is 3. The van der Waals surface area contributed by atoms with Crippen molar-refractivity contribution in [1.29, 1.82) is 0 Å². The molecule has 0 N–H and O–H groups in total. The molecule has 6 nitrogen and oxygen atoms in total. The molecule has 0 radical (unpaired) electrons.